The normalized spacial score (nSPS) is 12.5. The highest BCUT2D eigenvalue weighted by Gasteiger charge is 2.19. The first-order valence-electron chi connectivity index (χ1n) is 5.12. The lowest BCUT2D eigenvalue weighted by atomic mass is 10.2. The molecule has 2 aromatic rings. The molecular formula is C11H11NO3S2. The minimum absolute atomic E-state index is 0.312. The molecular weight excluding hydrogens is 258 g/mol. The fraction of sp³-hybridized carbons (Fsp3) is 0.273. The minimum Gasteiger partial charge on any atom is -0.480 e. The number of carbonyl (C=O) groups excluding carboxylic acids is 1. The molecule has 4 nitrogen and oxygen atoms in total. The Labute approximate surface area is 106 Å². The molecule has 0 aromatic carbocycles. The first kappa shape index (κ1) is 12.1. The Balaban J connectivity index is 2.15. The highest BCUT2D eigenvalue weighted by Crippen LogP contribution is 2.29. The predicted molar refractivity (Wildman–Crippen MR) is 68.9 cm³/mol. The summed E-state index contributed by atoms with van der Waals surface area (Å²) in [6.07, 6.45) is 0.376. The molecule has 1 amide bonds. The van der Waals surface area contributed by atoms with Gasteiger partial charge in [-0.2, -0.15) is 0 Å². The van der Waals surface area contributed by atoms with Crippen LogP contribution in [-0.4, -0.2) is 23.0 Å². The van der Waals surface area contributed by atoms with Crippen LogP contribution in [0.25, 0.3) is 9.40 Å². The Hall–Kier alpha value is -1.40. The van der Waals surface area contributed by atoms with E-state index < -0.39 is 12.0 Å². The molecule has 0 aliphatic rings. The number of carbonyl (C=O) groups is 2. The van der Waals surface area contributed by atoms with Crippen LogP contribution in [0.1, 0.15) is 23.0 Å². The van der Waals surface area contributed by atoms with Crippen molar-refractivity contribution in [2.24, 2.45) is 0 Å². The third-order valence-corrected chi connectivity index (χ3v) is 4.47. The monoisotopic (exact) mass is 269 g/mol. The predicted octanol–water partition coefficient (Wildman–Crippen LogP) is 2.56. The van der Waals surface area contributed by atoms with Crippen LogP contribution in [0.4, 0.5) is 0 Å². The Morgan fingerprint density at radius 3 is 2.82 bits per heavy atom. The second-order valence-corrected chi connectivity index (χ2v) is 5.56. The molecule has 2 heterocycles. The molecule has 0 bridgehead atoms. The van der Waals surface area contributed by atoms with Gasteiger partial charge < -0.3 is 10.4 Å². The lowest BCUT2D eigenvalue weighted by molar-refractivity contribution is -0.139. The number of amides is 1. The molecule has 2 rings (SSSR count). The van der Waals surface area contributed by atoms with E-state index in [2.05, 4.69) is 5.32 Å². The van der Waals surface area contributed by atoms with Crippen LogP contribution in [-0.2, 0) is 4.79 Å². The first-order valence-corrected chi connectivity index (χ1v) is 6.82. The van der Waals surface area contributed by atoms with Crippen molar-refractivity contribution in [3.05, 3.63) is 22.4 Å². The molecule has 0 unspecified atom stereocenters. The largest absolute Gasteiger partial charge is 0.480 e. The SMILES string of the molecule is CC[C@@H](NC(=O)c1cc2sccc2s1)C(=O)O. The van der Waals surface area contributed by atoms with Crippen molar-refractivity contribution in [1.82, 2.24) is 5.32 Å². The fourth-order valence-electron chi connectivity index (χ4n) is 1.45. The van der Waals surface area contributed by atoms with Crippen molar-refractivity contribution in [3.63, 3.8) is 0 Å². The summed E-state index contributed by atoms with van der Waals surface area (Å²) in [4.78, 5) is 23.2. The maximum atomic E-state index is 11.8. The third kappa shape index (κ3) is 2.48. The van der Waals surface area contributed by atoms with Crippen molar-refractivity contribution in [1.29, 1.82) is 0 Å². The number of rotatable bonds is 4. The van der Waals surface area contributed by atoms with Gasteiger partial charge in [-0.05, 0) is 23.9 Å². The highest BCUT2D eigenvalue weighted by atomic mass is 32.1. The van der Waals surface area contributed by atoms with Gasteiger partial charge in [0.25, 0.3) is 5.91 Å². The maximum Gasteiger partial charge on any atom is 0.326 e. The van der Waals surface area contributed by atoms with Gasteiger partial charge in [-0.1, -0.05) is 6.92 Å². The summed E-state index contributed by atoms with van der Waals surface area (Å²) in [5.41, 5.74) is 0. The van der Waals surface area contributed by atoms with E-state index in [0.29, 0.717) is 11.3 Å². The van der Waals surface area contributed by atoms with Gasteiger partial charge >= 0.3 is 5.97 Å². The molecule has 0 saturated carbocycles. The van der Waals surface area contributed by atoms with Crippen molar-refractivity contribution >= 4 is 43.9 Å². The highest BCUT2D eigenvalue weighted by molar-refractivity contribution is 7.27. The summed E-state index contributed by atoms with van der Waals surface area (Å²) >= 11 is 2.95. The van der Waals surface area contributed by atoms with Gasteiger partial charge in [-0.3, -0.25) is 4.79 Å². The number of carboxylic acid groups (broad SMARTS) is 1. The molecule has 0 spiro atoms. The van der Waals surface area contributed by atoms with Crippen LogP contribution in [0.3, 0.4) is 0 Å². The van der Waals surface area contributed by atoms with Gasteiger partial charge in [0.15, 0.2) is 0 Å². The molecule has 0 aliphatic carbocycles. The van der Waals surface area contributed by atoms with E-state index in [9.17, 15) is 9.59 Å². The van der Waals surface area contributed by atoms with E-state index in [1.807, 2.05) is 11.4 Å². The first-order chi connectivity index (χ1) is 8.11. The van der Waals surface area contributed by atoms with E-state index in [1.165, 1.54) is 11.3 Å². The molecule has 0 saturated heterocycles. The maximum absolute atomic E-state index is 11.8. The minimum atomic E-state index is -1.00. The van der Waals surface area contributed by atoms with Gasteiger partial charge in [0.1, 0.15) is 6.04 Å². The summed E-state index contributed by atoms with van der Waals surface area (Å²) < 4.78 is 2.12. The molecule has 0 fully saturated rings. The topological polar surface area (TPSA) is 66.4 Å². The molecule has 0 aliphatic heterocycles. The number of thiophene rings is 2. The number of hydrogen-bond donors (Lipinski definition) is 2. The molecule has 1 atom stereocenters. The van der Waals surface area contributed by atoms with Crippen LogP contribution in [0.2, 0.25) is 0 Å². The molecule has 90 valence electrons. The molecule has 0 radical (unpaired) electrons. The van der Waals surface area contributed by atoms with Gasteiger partial charge in [-0.25, -0.2) is 4.79 Å². The summed E-state index contributed by atoms with van der Waals surface area (Å²) in [5.74, 6) is -1.31. The average Bonchev–Trinajstić information content (AvgIpc) is 2.84. The number of fused-ring (bicyclic) bond motifs is 1. The molecule has 2 N–H and O–H groups in total. The zero-order chi connectivity index (χ0) is 12.4. The zero-order valence-corrected chi connectivity index (χ0v) is 10.7. The van der Waals surface area contributed by atoms with Crippen LogP contribution < -0.4 is 5.32 Å². The second-order valence-electron chi connectivity index (χ2n) is 3.53. The summed E-state index contributed by atoms with van der Waals surface area (Å²) in [5, 5.41) is 13.3. The van der Waals surface area contributed by atoms with E-state index >= 15 is 0 Å². The summed E-state index contributed by atoms with van der Waals surface area (Å²) in [6, 6.07) is 2.94. The Morgan fingerprint density at radius 2 is 2.24 bits per heavy atom. The van der Waals surface area contributed by atoms with E-state index in [-0.39, 0.29) is 5.91 Å². The van der Waals surface area contributed by atoms with E-state index in [0.717, 1.165) is 9.40 Å². The summed E-state index contributed by atoms with van der Waals surface area (Å²) in [7, 11) is 0. The van der Waals surface area contributed by atoms with Crippen molar-refractivity contribution in [2.45, 2.75) is 19.4 Å². The second kappa shape index (κ2) is 4.85. The smallest absolute Gasteiger partial charge is 0.326 e. The van der Waals surface area contributed by atoms with Gasteiger partial charge in [0, 0.05) is 9.40 Å². The van der Waals surface area contributed by atoms with Gasteiger partial charge in [0.2, 0.25) is 0 Å². The van der Waals surface area contributed by atoms with Crippen LogP contribution >= 0.6 is 22.7 Å². The standard InChI is InChI=1S/C11H11NO3S2/c1-2-6(11(14)15)12-10(13)9-5-8-7(17-9)3-4-16-8/h3-6H,2H2,1H3,(H,12,13)(H,14,15)/t6-/m1/s1. The Kier molecular flexibility index (Phi) is 3.44. The van der Waals surface area contributed by atoms with Crippen molar-refractivity contribution < 1.29 is 14.7 Å². The third-order valence-electron chi connectivity index (χ3n) is 2.37. The van der Waals surface area contributed by atoms with E-state index in [1.54, 1.807) is 24.3 Å². The van der Waals surface area contributed by atoms with Crippen LogP contribution in [0, 0.1) is 0 Å². The van der Waals surface area contributed by atoms with E-state index in [4.69, 9.17) is 5.11 Å². The quantitative estimate of drug-likeness (QED) is 0.896. The van der Waals surface area contributed by atoms with Gasteiger partial charge in [-0.15, -0.1) is 22.7 Å². The summed E-state index contributed by atoms with van der Waals surface area (Å²) in [6.45, 7) is 1.73. The number of carboxylic acids is 1. The molecule has 6 heteroatoms. The lowest BCUT2D eigenvalue weighted by Crippen LogP contribution is -2.39. The number of hydrogen-bond acceptors (Lipinski definition) is 4. The van der Waals surface area contributed by atoms with Crippen LogP contribution in [0.5, 0.6) is 0 Å². The lowest BCUT2D eigenvalue weighted by Gasteiger charge is -2.10. The van der Waals surface area contributed by atoms with Crippen LogP contribution in [0.15, 0.2) is 17.5 Å². The zero-order valence-electron chi connectivity index (χ0n) is 9.10. The average molecular weight is 269 g/mol. The molecule has 17 heavy (non-hydrogen) atoms. The molecule has 2 aromatic heterocycles. The number of nitrogens with one attached hydrogen (secondary N) is 1. The Morgan fingerprint density at radius 1 is 1.47 bits per heavy atom. The van der Waals surface area contributed by atoms with Gasteiger partial charge in [0.05, 0.1) is 4.88 Å². The van der Waals surface area contributed by atoms with Crippen molar-refractivity contribution in [2.75, 3.05) is 0 Å². The van der Waals surface area contributed by atoms with Crippen molar-refractivity contribution in [3.8, 4) is 0 Å². The fourth-order valence-corrected chi connectivity index (χ4v) is 3.46. The number of aliphatic carboxylic acids is 1. The Bertz CT molecular complexity index is 529.